The monoisotopic (exact) mass is 383 g/mol. The number of nitrogens with one attached hydrogen (secondary N) is 1. The number of pyridine rings is 1. The van der Waals surface area contributed by atoms with Crippen LogP contribution < -0.4 is 14.8 Å². The number of piperazine rings is 1. The van der Waals surface area contributed by atoms with Crippen molar-refractivity contribution in [1.82, 2.24) is 15.2 Å². The summed E-state index contributed by atoms with van der Waals surface area (Å²) in [5, 5.41) is 3.37. The van der Waals surface area contributed by atoms with E-state index in [1.807, 2.05) is 42.3 Å². The lowest BCUT2D eigenvalue weighted by Crippen LogP contribution is -2.48. The minimum absolute atomic E-state index is 0.00332. The second-order valence-electron chi connectivity index (χ2n) is 6.80. The molecule has 1 saturated heterocycles. The largest absolute Gasteiger partial charge is 0.490 e. The minimum atomic E-state index is -0.0361. The second kappa shape index (κ2) is 10.1. The lowest BCUT2D eigenvalue weighted by molar-refractivity contribution is 0.0633. The fourth-order valence-corrected chi connectivity index (χ4v) is 3.34. The lowest BCUT2D eigenvalue weighted by atomic mass is 10.0. The first-order chi connectivity index (χ1) is 13.7. The average molecular weight is 383 g/mol. The Bertz CT molecular complexity index is 767. The number of aromatic nitrogens is 1. The quantitative estimate of drug-likeness (QED) is 0.708. The maximum absolute atomic E-state index is 13.3. The summed E-state index contributed by atoms with van der Waals surface area (Å²) < 4.78 is 11.6. The van der Waals surface area contributed by atoms with Gasteiger partial charge >= 0.3 is 0 Å². The van der Waals surface area contributed by atoms with Crippen molar-refractivity contribution in [3.8, 4) is 11.5 Å². The van der Waals surface area contributed by atoms with Crippen molar-refractivity contribution >= 4 is 5.91 Å². The second-order valence-corrected chi connectivity index (χ2v) is 6.80. The molecule has 1 amide bonds. The molecule has 0 saturated carbocycles. The first-order valence-corrected chi connectivity index (χ1v) is 10.1. The number of unbranched alkanes of at least 4 members (excludes halogenated alkanes) is 1. The van der Waals surface area contributed by atoms with Gasteiger partial charge < -0.3 is 19.7 Å². The van der Waals surface area contributed by atoms with E-state index in [0.717, 1.165) is 24.9 Å². The molecular weight excluding hydrogens is 354 g/mol. The number of nitrogens with zero attached hydrogens (tertiary/aromatic N) is 2. The smallest absolute Gasteiger partial charge is 0.254 e. The zero-order chi connectivity index (χ0) is 19.8. The first-order valence-electron chi connectivity index (χ1n) is 10.1. The average Bonchev–Trinajstić information content (AvgIpc) is 2.75. The van der Waals surface area contributed by atoms with Gasteiger partial charge in [0, 0.05) is 37.6 Å². The van der Waals surface area contributed by atoms with Gasteiger partial charge in [0.25, 0.3) is 5.91 Å². The first kappa shape index (κ1) is 20.1. The fraction of sp³-hybridized carbons (Fsp3) is 0.455. The van der Waals surface area contributed by atoms with Crippen molar-refractivity contribution in [2.24, 2.45) is 0 Å². The number of hydrogen-bond acceptors (Lipinski definition) is 5. The van der Waals surface area contributed by atoms with Crippen molar-refractivity contribution in [3.05, 3.63) is 53.9 Å². The van der Waals surface area contributed by atoms with E-state index in [1.165, 1.54) is 0 Å². The van der Waals surface area contributed by atoms with Crippen molar-refractivity contribution in [1.29, 1.82) is 0 Å². The van der Waals surface area contributed by atoms with Crippen LogP contribution in [0, 0.1) is 0 Å². The van der Waals surface area contributed by atoms with Crippen LogP contribution in [0.2, 0.25) is 0 Å². The lowest BCUT2D eigenvalue weighted by Gasteiger charge is -2.36. The summed E-state index contributed by atoms with van der Waals surface area (Å²) in [6.07, 6.45) is 5.63. The summed E-state index contributed by atoms with van der Waals surface area (Å²) in [5.74, 6) is 1.31. The third-order valence-electron chi connectivity index (χ3n) is 4.82. The zero-order valence-corrected chi connectivity index (χ0v) is 16.7. The molecular formula is C22H29N3O3. The highest BCUT2D eigenvalue weighted by atomic mass is 16.5. The van der Waals surface area contributed by atoms with Gasteiger partial charge in [-0.15, -0.1) is 0 Å². The molecule has 6 heteroatoms. The van der Waals surface area contributed by atoms with E-state index in [4.69, 9.17) is 9.47 Å². The Morgan fingerprint density at radius 1 is 1.25 bits per heavy atom. The van der Waals surface area contributed by atoms with Gasteiger partial charge in [0.2, 0.25) is 0 Å². The van der Waals surface area contributed by atoms with Crippen molar-refractivity contribution in [3.63, 3.8) is 0 Å². The highest BCUT2D eigenvalue weighted by molar-refractivity contribution is 5.95. The Balaban J connectivity index is 1.82. The van der Waals surface area contributed by atoms with Crippen molar-refractivity contribution in [2.45, 2.75) is 32.7 Å². The third-order valence-corrected chi connectivity index (χ3v) is 4.82. The number of benzene rings is 1. The molecule has 0 bridgehead atoms. The van der Waals surface area contributed by atoms with E-state index >= 15 is 0 Å². The van der Waals surface area contributed by atoms with Crippen molar-refractivity contribution < 1.29 is 14.3 Å². The standard InChI is InChI=1S/C22H29N3O3/c1-3-5-13-28-20-9-8-17(14-21(20)27-4-2)22(26)25-12-11-24-16-19(25)18-7-6-10-23-15-18/h6-10,14-15,19,24H,3-5,11-13,16H2,1-2H3. The molecule has 150 valence electrons. The molecule has 2 aromatic rings. The van der Waals surface area contributed by atoms with E-state index in [2.05, 4.69) is 17.2 Å². The molecule has 6 nitrogen and oxygen atoms in total. The van der Waals surface area contributed by atoms with E-state index in [1.54, 1.807) is 12.3 Å². The molecule has 1 aromatic carbocycles. The summed E-state index contributed by atoms with van der Waals surface area (Å²) in [4.78, 5) is 19.4. The predicted octanol–water partition coefficient (Wildman–Crippen LogP) is 3.45. The zero-order valence-electron chi connectivity index (χ0n) is 16.7. The van der Waals surface area contributed by atoms with Crippen LogP contribution in [0.5, 0.6) is 11.5 Å². The molecule has 2 heterocycles. The molecule has 1 aliphatic heterocycles. The SMILES string of the molecule is CCCCOc1ccc(C(=O)N2CCNCC2c2cccnc2)cc1OCC. The normalized spacial score (nSPS) is 16.6. The van der Waals surface area contributed by atoms with Gasteiger partial charge in [-0.25, -0.2) is 0 Å². The van der Waals surface area contributed by atoms with Crippen LogP contribution in [-0.4, -0.2) is 48.6 Å². The number of rotatable bonds is 8. The molecule has 1 aliphatic rings. The van der Waals surface area contributed by atoms with Crippen LogP contribution in [-0.2, 0) is 0 Å². The van der Waals surface area contributed by atoms with E-state index < -0.39 is 0 Å². The van der Waals surface area contributed by atoms with E-state index in [-0.39, 0.29) is 11.9 Å². The van der Waals surface area contributed by atoms with Crippen LogP contribution in [0.1, 0.15) is 48.7 Å². The summed E-state index contributed by atoms with van der Waals surface area (Å²) in [5.41, 5.74) is 1.65. The predicted molar refractivity (Wildman–Crippen MR) is 109 cm³/mol. The third kappa shape index (κ3) is 4.81. The summed E-state index contributed by atoms with van der Waals surface area (Å²) in [7, 11) is 0. The number of amides is 1. The number of hydrogen-bond donors (Lipinski definition) is 1. The molecule has 1 unspecified atom stereocenters. The maximum atomic E-state index is 13.3. The van der Waals surface area contributed by atoms with Crippen LogP contribution in [0.3, 0.4) is 0 Å². The topological polar surface area (TPSA) is 63.7 Å². The summed E-state index contributed by atoms with van der Waals surface area (Å²) in [6, 6.07) is 9.36. The highest BCUT2D eigenvalue weighted by Gasteiger charge is 2.29. The number of ether oxygens (including phenoxy) is 2. The van der Waals surface area contributed by atoms with Gasteiger partial charge in [-0.2, -0.15) is 0 Å². The highest BCUT2D eigenvalue weighted by Crippen LogP contribution is 2.31. The molecule has 1 aromatic heterocycles. The summed E-state index contributed by atoms with van der Waals surface area (Å²) in [6.45, 7) is 7.36. The Morgan fingerprint density at radius 3 is 2.89 bits per heavy atom. The minimum Gasteiger partial charge on any atom is -0.490 e. The molecule has 1 atom stereocenters. The van der Waals surface area contributed by atoms with E-state index in [0.29, 0.717) is 43.4 Å². The Kier molecular flexibility index (Phi) is 7.25. The number of carbonyl (C=O) groups is 1. The number of carbonyl (C=O) groups excluding carboxylic acids is 1. The molecule has 0 spiro atoms. The van der Waals surface area contributed by atoms with Gasteiger partial charge in [0.15, 0.2) is 11.5 Å². The summed E-state index contributed by atoms with van der Waals surface area (Å²) >= 11 is 0. The van der Waals surface area contributed by atoms with Crippen molar-refractivity contribution in [2.75, 3.05) is 32.8 Å². The molecule has 3 rings (SSSR count). The molecule has 0 radical (unpaired) electrons. The molecule has 1 N–H and O–H groups in total. The van der Waals surface area contributed by atoms with Crippen LogP contribution in [0.25, 0.3) is 0 Å². The van der Waals surface area contributed by atoms with Crippen LogP contribution >= 0.6 is 0 Å². The van der Waals surface area contributed by atoms with Gasteiger partial charge in [0.05, 0.1) is 19.3 Å². The van der Waals surface area contributed by atoms with Crippen LogP contribution in [0.4, 0.5) is 0 Å². The molecule has 0 aliphatic carbocycles. The van der Waals surface area contributed by atoms with Gasteiger partial charge in [-0.3, -0.25) is 9.78 Å². The van der Waals surface area contributed by atoms with Gasteiger partial charge in [-0.1, -0.05) is 19.4 Å². The Hall–Kier alpha value is -2.60. The molecule has 1 fully saturated rings. The Labute approximate surface area is 166 Å². The van der Waals surface area contributed by atoms with E-state index in [9.17, 15) is 4.79 Å². The van der Waals surface area contributed by atoms with Crippen LogP contribution in [0.15, 0.2) is 42.7 Å². The van der Waals surface area contributed by atoms with Gasteiger partial charge in [0.1, 0.15) is 0 Å². The fourth-order valence-electron chi connectivity index (χ4n) is 3.34. The maximum Gasteiger partial charge on any atom is 0.254 e. The van der Waals surface area contributed by atoms with Gasteiger partial charge in [-0.05, 0) is 43.2 Å². The Morgan fingerprint density at radius 2 is 2.14 bits per heavy atom. The molecule has 28 heavy (non-hydrogen) atoms.